The molecule has 1 aromatic carbocycles. The maximum Gasteiger partial charge on any atom is 0.222 e. The molecule has 0 saturated heterocycles. The number of aryl methyl sites for hydroxylation is 1. The van der Waals surface area contributed by atoms with Gasteiger partial charge in [-0.3, -0.25) is 0 Å². The van der Waals surface area contributed by atoms with E-state index in [1.807, 2.05) is 31.2 Å². The maximum atomic E-state index is 8.95. The highest BCUT2D eigenvalue weighted by Crippen LogP contribution is 2.22. The molecule has 0 radical (unpaired) electrons. The van der Waals surface area contributed by atoms with Crippen molar-refractivity contribution in [2.45, 2.75) is 6.92 Å². The first-order valence-corrected chi connectivity index (χ1v) is 5.08. The first kappa shape index (κ1) is 10.6. The second-order valence-electron chi connectivity index (χ2n) is 3.38. The molecule has 0 spiro atoms. The molecule has 2 aromatic rings. The topological polar surface area (TPSA) is 49.6 Å². The molecule has 0 aliphatic rings. The summed E-state index contributed by atoms with van der Waals surface area (Å²) in [5.41, 5.74) is 3.02. The molecule has 0 fully saturated rings. The Bertz CT molecular complexity index is 555. The minimum Gasteiger partial charge on any atom is -0.225 e. The molecule has 0 bridgehead atoms. The van der Waals surface area contributed by atoms with Crippen LogP contribution in [0.5, 0.6) is 0 Å². The van der Waals surface area contributed by atoms with Crippen molar-refractivity contribution in [3.8, 4) is 17.3 Å². The van der Waals surface area contributed by atoms with Crippen LogP contribution in [0.15, 0.2) is 30.5 Å². The minimum atomic E-state index is 0.148. The Labute approximate surface area is 98.4 Å². The molecule has 0 N–H and O–H groups in total. The lowest BCUT2D eigenvalue weighted by Crippen LogP contribution is -1.92. The van der Waals surface area contributed by atoms with Crippen LogP contribution in [0.1, 0.15) is 11.1 Å². The van der Waals surface area contributed by atoms with E-state index in [2.05, 4.69) is 16.0 Å². The highest BCUT2D eigenvalue weighted by Gasteiger charge is 2.07. The van der Waals surface area contributed by atoms with Gasteiger partial charge in [-0.2, -0.15) is 5.26 Å². The zero-order chi connectivity index (χ0) is 11.5. The lowest BCUT2D eigenvalue weighted by atomic mass is 10.1. The van der Waals surface area contributed by atoms with E-state index in [9.17, 15) is 0 Å². The molecule has 78 valence electrons. The second-order valence-corrected chi connectivity index (χ2v) is 3.72. The Balaban J connectivity index is 2.59. The number of hydrogen-bond acceptors (Lipinski definition) is 3. The summed E-state index contributed by atoms with van der Waals surface area (Å²) in [4.78, 5) is 7.86. The van der Waals surface area contributed by atoms with Crippen LogP contribution < -0.4 is 0 Å². The average molecular weight is 230 g/mol. The van der Waals surface area contributed by atoms with E-state index in [0.717, 1.165) is 11.1 Å². The van der Waals surface area contributed by atoms with E-state index in [1.165, 1.54) is 6.20 Å². The van der Waals surface area contributed by atoms with E-state index < -0.39 is 0 Å². The fraction of sp³-hybridized carbons (Fsp3) is 0.0833. The molecule has 0 atom stereocenters. The normalized spacial score (nSPS) is 9.81. The predicted octanol–water partition coefficient (Wildman–Crippen LogP) is 2.98. The van der Waals surface area contributed by atoms with Crippen LogP contribution in [-0.4, -0.2) is 9.97 Å². The van der Waals surface area contributed by atoms with Gasteiger partial charge in [-0.25, -0.2) is 9.97 Å². The molecule has 1 heterocycles. The Morgan fingerprint density at radius 2 is 1.94 bits per heavy atom. The van der Waals surface area contributed by atoms with E-state index in [-0.39, 0.29) is 5.28 Å². The zero-order valence-corrected chi connectivity index (χ0v) is 9.36. The molecular weight excluding hydrogens is 222 g/mol. The second kappa shape index (κ2) is 4.30. The third-order valence-electron chi connectivity index (χ3n) is 2.20. The van der Waals surface area contributed by atoms with Crippen molar-refractivity contribution < 1.29 is 0 Å². The van der Waals surface area contributed by atoms with Crippen molar-refractivity contribution in [1.82, 2.24) is 9.97 Å². The standard InChI is InChI=1S/C12H8ClN3/c1-8-2-4-9(5-3-8)11-10(6-14)7-15-12(13)16-11/h2-5,7H,1H3. The maximum absolute atomic E-state index is 8.95. The number of benzene rings is 1. The molecule has 0 unspecified atom stereocenters. The summed E-state index contributed by atoms with van der Waals surface area (Å²) < 4.78 is 0. The molecule has 1 aromatic heterocycles. The van der Waals surface area contributed by atoms with Gasteiger partial charge in [0.05, 0.1) is 17.5 Å². The van der Waals surface area contributed by atoms with E-state index >= 15 is 0 Å². The first-order valence-electron chi connectivity index (χ1n) is 4.70. The van der Waals surface area contributed by atoms with Crippen molar-refractivity contribution in [2.24, 2.45) is 0 Å². The molecule has 0 aliphatic heterocycles. The fourth-order valence-electron chi connectivity index (χ4n) is 1.37. The van der Waals surface area contributed by atoms with Crippen LogP contribution in [0, 0.1) is 18.3 Å². The van der Waals surface area contributed by atoms with Crippen LogP contribution in [0.2, 0.25) is 5.28 Å². The summed E-state index contributed by atoms with van der Waals surface area (Å²) in [6.45, 7) is 2.00. The van der Waals surface area contributed by atoms with Gasteiger partial charge in [0.2, 0.25) is 5.28 Å². The summed E-state index contributed by atoms with van der Waals surface area (Å²) in [6.07, 6.45) is 1.44. The molecule has 0 aliphatic carbocycles. The summed E-state index contributed by atoms with van der Waals surface area (Å²) in [5, 5.41) is 9.10. The van der Waals surface area contributed by atoms with Gasteiger partial charge in [0.25, 0.3) is 0 Å². The third-order valence-corrected chi connectivity index (χ3v) is 2.39. The van der Waals surface area contributed by atoms with E-state index in [0.29, 0.717) is 11.3 Å². The number of nitriles is 1. The van der Waals surface area contributed by atoms with Crippen LogP contribution in [0.25, 0.3) is 11.3 Å². The monoisotopic (exact) mass is 229 g/mol. The number of aromatic nitrogens is 2. The van der Waals surface area contributed by atoms with Gasteiger partial charge in [0, 0.05) is 5.56 Å². The Hall–Kier alpha value is -1.92. The van der Waals surface area contributed by atoms with Crippen molar-refractivity contribution in [1.29, 1.82) is 5.26 Å². The molecule has 0 saturated carbocycles. The van der Waals surface area contributed by atoms with Crippen LogP contribution >= 0.6 is 11.6 Å². The zero-order valence-electron chi connectivity index (χ0n) is 8.61. The number of nitrogens with zero attached hydrogens (tertiary/aromatic N) is 3. The van der Waals surface area contributed by atoms with Gasteiger partial charge >= 0.3 is 0 Å². The van der Waals surface area contributed by atoms with Crippen molar-refractivity contribution >= 4 is 11.6 Å². The molecule has 0 amide bonds. The van der Waals surface area contributed by atoms with Gasteiger partial charge in [-0.15, -0.1) is 0 Å². The number of rotatable bonds is 1. The predicted molar refractivity (Wildman–Crippen MR) is 61.9 cm³/mol. The first-order chi connectivity index (χ1) is 7.70. The van der Waals surface area contributed by atoms with Gasteiger partial charge in [-0.1, -0.05) is 29.8 Å². The van der Waals surface area contributed by atoms with E-state index in [4.69, 9.17) is 16.9 Å². The quantitative estimate of drug-likeness (QED) is 0.707. The van der Waals surface area contributed by atoms with Crippen LogP contribution in [0.4, 0.5) is 0 Å². The number of hydrogen-bond donors (Lipinski definition) is 0. The molecular formula is C12H8ClN3. The van der Waals surface area contributed by atoms with Crippen LogP contribution in [-0.2, 0) is 0 Å². The van der Waals surface area contributed by atoms with Gasteiger partial charge in [-0.05, 0) is 18.5 Å². The smallest absolute Gasteiger partial charge is 0.222 e. The Morgan fingerprint density at radius 1 is 1.25 bits per heavy atom. The fourth-order valence-corrected chi connectivity index (χ4v) is 1.51. The lowest BCUT2D eigenvalue weighted by molar-refractivity contribution is 1.16. The lowest BCUT2D eigenvalue weighted by Gasteiger charge is -2.03. The van der Waals surface area contributed by atoms with Gasteiger partial charge in [0.15, 0.2) is 0 Å². The van der Waals surface area contributed by atoms with Crippen molar-refractivity contribution in [3.63, 3.8) is 0 Å². The summed E-state index contributed by atoms with van der Waals surface area (Å²) in [5.74, 6) is 0. The highest BCUT2D eigenvalue weighted by molar-refractivity contribution is 6.28. The minimum absolute atomic E-state index is 0.148. The van der Waals surface area contributed by atoms with Crippen molar-refractivity contribution in [3.05, 3.63) is 46.9 Å². The Kier molecular flexibility index (Phi) is 2.84. The SMILES string of the molecule is Cc1ccc(-c2nc(Cl)ncc2C#N)cc1. The van der Waals surface area contributed by atoms with Gasteiger partial charge in [0.1, 0.15) is 6.07 Å². The van der Waals surface area contributed by atoms with Gasteiger partial charge < -0.3 is 0 Å². The number of halogens is 1. The molecule has 2 rings (SSSR count). The summed E-state index contributed by atoms with van der Waals surface area (Å²) >= 11 is 5.72. The van der Waals surface area contributed by atoms with Crippen LogP contribution in [0.3, 0.4) is 0 Å². The molecule has 16 heavy (non-hydrogen) atoms. The molecule has 4 heteroatoms. The Morgan fingerprint density at radius 3 is 2.56 bits per heavy atom. The molecule has 3 nitrogen and oxygen atoms in total. The summed E-state index contributed by atoms with van der Waals surface area (Å²) in [7, 11) is 0. The largest absolute Gasteiger partial charge is 0.225 e. The average Bonchev–Trinajstić information content (AvgIpc) is 2.30. The third kappa shape index (κ3) is 2.02. The highest BCUT2D eigenvalue weighted by atomic mass is 35.5. The van der Waals surface area contributed by atoms with Crippen molar-refractivity contribution in [2.75, 3.05) is 0 Å². The van der Waals surface area contributed by atoms with E-state index in [1.54, 1.807) is 0 Å². The summed E-state index contributed by atoms with van der Waals surface area (Å²) in [6, 6.07) is 9.80.